The van der Waals surface area contributed by atoms with Gasteiger partial charge in [0.1, 0.15) is 0 Å². The molecular weight excluding hydrogens is 281 g/mol. The number of amidine groups is 1. The highest BCUT2D eigenvalue weighted by atomic mass is 19.4. The average Bonchev–Trinajstić information content (AvgIpc) is 2.46. The van der Waals surface area contributed by atoms with Crippen molar-refractivity contribution < 1.29 is 13.2 Å². The molecule has 4 nitrogen and oxygen atoms in total. The van der Waals surface area contributed by atoms with Gasteiger partial charge in [0, 0.05) is 11.3 Å². The van der Waals surface area contributed by atoms with Gasteiger partial charge in [0.2, 0.25) is 0 Å². The van der Waals surface area contributed by atoms with E-state index in [1.165, 1.54) is 18.2 Å². The number of rotatable bonds is 3. The Labute approximate surface area is 119 Å². The van der Waals surface area contributed by atoms with E-state index in [0.29, 0.717) is 11.3 Å². The molecule has 0 aliphatic rings. The first-order chi connectivity index (χ1) is 9.93. The molecule has 110 valence electrons. The number of para-hydroxylation sites is 2. The van der Waals surface area contributed by atoms with Gasteiger partial charge in [-0.25, -0.2) is 0 Å². The zero-order valence-corrected chi connectivity index (χ0v) is 10.9. The highest BCUT2D eigenvalue weighted by Gasteiger charge is 2.33. The number of hydrogen-bond acceptors (Lipinski definition) is 3. The minimum atomic E-state index is -4.45. The van der Waals surface area contributed by atoms with Crippen LogP contribution in [0.15, 0.2) is 53.6 Å². The fourth-order valence-electron chi connectivity index (χ4n) is 1.87. The van der Waals surface area contributed by atoms with Crippen molar-refractivity contribution in [2.45, 2.75) is 6.18 Å². The zero-order chi connectivity index (χ0) is 15.5. The zero-order valence-electron chi connectivity index (χ0n) is 10.9. The molecule has 0 saturated heterocycles. The monoisotopic (exact) mass is 294 g/mol. The lowest BCUT2D eigenvalue weighted by atomic mass is 10.1. The van der Waals surface area contributed by atoms with Gasteiger partial charge in [-0.1, -0.05) is 24.3 Å². The van der Waals surface area contributed by atoms with Gasteiger partial charge in [0.25, 0.3) is 0 Å². The summed E-state index contributed by atoms with van der Waals surface area (Å²) in [5, 5.41) is 6.09. The Bertz CT molecular complexity index is 665. The lowest BCUT2D eigenvalue weighted by molar-refractivity contribution is -0.136. The minimum Gasteiger partial charge on any atom is -0.382 e. The molecule has 2 aromatic carbocycles. The fourth-order valence-corrected chi connectivity index (χ4v) is 1.87. The molecule has 0 unspecified atom stereocenters. The second kappa shape index (κ2) is 5.74. The molecule has 0 radical (unpaired) electrons. The van der Waals surface area contributed by atoms with Crippen molar-refractivity contribution in [3.8, 4) is 0 Å². The predicted octanol–water partition coefficient (Wildman–Crippen LogP) is 3.03. The van der Waals surface area contributed by atoms with E-state index >= 15 is 0 Å². The summed E-state index contributed by atoms with van der Waals surface area (Å²) in [5.74, 6) is 5.15. The topological polar surface area (TPSA) is 76.4 Å². The molecule has 0 aliphatic heterocycles. The number of nitrogens with two attached hydrogens (primary N) is 2. The number of halogens is 3. The van der Waals surface area contributed by atoms with Crippen LogP contribution in [0.5, 0.6) is 0 Å². The summed E-state index contributed by atoms with van der Waals surface area (Å²) in [6, 6.07) is 11.8. The van der Waals surface area contributed by atoms with Crippen LogP contribution >= 0.6 is 0 Å². The Morgan fingerprint density at radius 2 is 1.52 bits per heavy atom. The molecule has 0 atom stereocenters. The number of nitrogens with one attached hydrogen (secondary N) is 1. The van der Waals surface area contributed by atoms with E-state index in [2.05, 4.69) is 10.4 Å². The molecule has 5 N–H and O–H groups in total. The Morgan fingerprint density at radius 3 is 2.14 bits per heavy atom. The van der Waals surface area contributed by atoms with Crippen LogP contribution in [-0.2, 0) is 6.18 Å². The molecule has 0 saturated carbocycles. The Kier molecular flexibility index (Phi) is 4.02. The molecule has 0 aromatic heterocycles. The number of hydrazone groups is 1. The van der Waals surface area contributed by atoms with E-state index in [0.717, 1.165) is 6.07 Å². The molecule has 21 heavy (non-hydrogen) atoms. The molecule has 2 rings (SSSR count). The standard InChI is InChI=1S/C14H13F3N4/c15-14(16,17)10-6-2-4-8-12(10)20-11-7-3-1-5-9(11)13(18)21-19/h1-8,20H,19H2,(H2,18,21). The lowest BCUT2D eigenvalue weighted by Gasteiger charge is -2.16. The summed E-state index contributed by atoms with van der Waals surface area (Å²) < 4.78 is 38.9. The number of nitrogens with zero attached hydrogens (tertiary/aromatic N) is 1. The third kappa shape index (κ3) is 3.25. The van der Waals surface area contributed by atoms with Gasteiger partial charge < -0.3 is 16.9 Å². The van der Waals surface area contributed by atoms with Crippen molar-refractivity contribution in [2.75, 3.05) is 5.32 Å². The smallest absolute Gasteiger partial charge is 0.382 e. The van der Waals surface area contributed by atoms with Crippen LogP contribution in [0.2, 0.25) is 0 Å². The molecule has 0 heterocycles. The van der Waals surface area contributed by atoms with E-state index in [9.17, 15) is 13.2 Å². The maximum absolute atomic E-state index is 13.0. The van der Waals surface area contributed by atoms with Crippen LogP contribution < -0.4 is 16.9 Å². The van der Waals surface area contributed by atoms with Gasteiger partial charge >= 0.3 is 6.18 Å². The summed E-state index contributed by atoms with van der Waals surface area (Å²) in [6.07, 6.45) is -4.45. The van der Waals surface area contributed by atoms with Crippen LogP contribution in [0.4, 0.5) is 24.5 Å². The molecule has 0 aliphatic carbocycles. The van der Waals surface area contributed by atoms with Gasteiger partial charge in [-0.3, -0.25) is 0 Å². The molecular formula is C14H13F3N4. The second-order valence-corrected chi connectivity index (χ2v) is 4.23. The number of benzene rings is 2. The molecule has 0 spiro atoms. The van der Waals surface area contributed by atoms with Crippen molar-refractivity contribution in [1.29, 1.82) is 0 Å². The van der Waals surface area contributed by atoms with Crippen LogP contribution in [0.1, 0.15) is 11.1 Å². The first-order valence-corrected chi connectivity index (χ1v) is 5.99. The van der Waals surface area contributed by atoms with Crippen LogP contribution in [0.25, 0.3) is 0 Å². The van der Waals surface area contributed by atoms with Crippen molar-refractivity contribution in [3.05, 3.63) is 59.7 Å². The van der Waals surface area contributed by atoms with Gasteiger partial charge in [0.15, 0.2) is 5.84 Å². The van der Waals surface area contributed by atoms with Crippen molar-refractivity contribution in [1.82, 2.24) is 0 Å². The molecule has 0 bridgehead atoms. The third-order valence-electron chi connectivity index (χ3n) is 2.84. The quantitative estimate of drug-likeness (QED) is 0.352. The van der Waals surface area contributed by atoms with Crippen LogP contribution in [0, 0.1) is 0 Å². The number of hydrogen-bond donors (Lipinski definition) is 3. The molecule has 2 aromatic rings. The Morgan fingerprint density at radius 1 is 0.952 bits per heavy atom. The maximum Gasteiger partial charge on any atom is 0.418 e. The number of anilines is 2. The highest BCUT2D eigenvalue weighted by Crippen LogP contribution is 2.36. The number of alkyl halides is 3. The van der Waals surface area contributed by atoms with Crippen molar-refractivity contribution in [2.24, 2.45) is 16.7 Å². The molecule has 0 fully saturated rings. The van der Waals surface area contributed by atoms with E-state index in [-0.39, 0.29) is 11.5 Å². The van der Waals surface area contributed by atoms with Gasteiger partial charge in [0.05, 0.1) is 11.3 Å². The first kappa shape index (κ1) is 14.7. The Balaban J connectivity index is 2.45. The fraction of sp³-hybridized carbons (Fsp3) is 0.0714. The lowest BCUT2D eigenvalue weighted by Crippen LogP contribution is -2.17. The SMILES string of the molecule is NN=C(N)c1ccccc1Nc1ccccc1C(F)(F)F. The molecule has 7 heteroatoms. The predicted molar refractivity (Wildman–Crippen MR) is 76.1 cm³/mol. The summed E-state index contributed by atoms with van der Waals surface area (Å²) in [6.45, 7) is 0. The second-order valence-electron chi connectivity index (χ2n) is 4.23. The van der Waals surface area contributed by atoms with E-state index in [1.807, 2.05) is 0 Å². The summed E-state index contributed by atoms with van der Waals surface area (Å²) in [5.41, 5.74) is 5.62. The average molecular weight is 294 g/mol. The van der Waals surface area contributed by atoms with E-state index < -0.39 is 11.7 Å². The summed E-state index contributed by atoms with van der Waals surface area (Å²) >= 11 is 0. The minimum absolute atomic E-state index is 0.0302. The molecule has 0 amide bonds. The van der Waals surface area contributed by atoms with E-state index in [4.69, 9.17) is 11.6 Å². The normalized spacial score (nSPS) is 12.2. The summed E-state index contributed by atoms with van der Waals surface area (Å²) in [4.78, 5) is 0. The highest BCUT2D eigenvalue weighted by molar-refractivity contribution is 6.02. The first-order valence-electron chi connectivity index (χ1n) is 5.99. The van der Waals surface area contributed by atoms with Crippen molar-refractivity contribution >= 4 is 17.2 Å². The van der Waals surface area contributed by atoms with Gasteiger partial charge in [-0.05, 0) is 24.3 Å². The van der Waals surface area contributed by atoms with E-state index in [1.54, 1.807) is 24.3 Å². The van der Waals surface area contributed by atoms with Crippen LogP contribution in [0.3, 0.4) is 0 Å². The largest absolute Gasteiger partial charge is 0.418 e. The summed E-state index contributed by atoms with van der Waals surface area (Å²) in [7, 11) is 0. The maximum atomic E-state index is 13.0. The van der Waals surface area contributed by atoms with Crippen LogP contribution in [-0.4, -0.2) is 5.84 Å². The third-order valence-corrected chi connectivity index (χ3v) is 2.84. The van der Waals surface area contributed by atoms with Crippen molar-refractivity contribution in [3.63, 3.8) is 0 Å². The Hall–Kier alpha value is -2.70. The van der Waals surface area contributed by atoms with Gasteiger partial charge in [-0.15, -0.1) is 0 Å². The van der Waals surface area contributed by atoms with Gasteiger partial charge in [-0.2, -0.15) is 18.3 Å².